The van der Waals surface area contributed by atoms with Crippen LogP contribution >= 0.6 is 0 Å². The fraction of sp³-hybridized carbons (Fsp3) is 0. The molecule has 1 fully saturated rings. The molecule has 7 heavy (non-hydrogen) atoms. The lowest BCUT2D eigenvalue weighted by Gasteiger charge is -1.81. The van der Waals surface area contributed by atoms with Gasteiger partial charge in [0.05, 0.1) is 0 Å². The molecule has 0 spiro atoms. The second-order valence-electron chi connectivity index (χ2n) is 2.47. The second kappa shape index (κ2) is 4.40. The first kappa shape index (κ1) is 6.64. The lowest BCUT2D eigenvalue weighted by molar-refractivity contribution is 3.95. The fourth-order valence-corrected chi connectivity index (χ4v) is 301. The van der Waals surface area contributed by atoms with Crippen LogP contribution in [0, 0.1) is 0 Å². The zero-order valence-corrected chi connectivity index (χ0v) is 14.8. The van der Waals surface area contributed by atoms with Gasteiger partial charge >= 0.3 is 0 Å². The van der Waals surface area contributed by atoms with Crippen molar-refractivity contribution in [1.82, 2.24) is 0 Å². The van der Waals surface area contributed by atoms with Gasteiger partial charge < -0.3 is 0 Å². The molecule has 0 N–H and O–H groups in total. The number of hydrogen-bond donors (Lipinski definition) is 0. The highest BCUT2D eigenvalue weighted by molar-refractivity contribution is 7.76. The number of rotatable bonds is 0. The van der Waals surface area contributed by atoms with Crippen molar-refractivity contribution >= 4 is 59.9 Å². The van der Waals surface area contributed by atoms with Gasteiger partial charge in [0, 0.05) is 0 Å². The lowest BCUT2D eigenvalue weighted by atomic mass is 26.3. The van der Waals surface area contributed by atoms with Gasteiger partial charge in [-0.2, -0.15) is 0 Å². The van der Waals surface area contributed by atoms with E-state index in [9.17, 15) is 0 Å². The van der Waals surface area contributed by atoms with Gasteiger partial charge in [-0.1, -0.05) is 0 Å². The predicted octanol–water partition coefficient (Wildman–Crippen LogP) is -6.41. The predicted molar refractivity (Wildman–Crippen MR) is 59.8 cm³/mol. The summed E-state index contributed by atoms with van der Waals surface area (Å²) in [5.41, 5.74) is 0. The van der Waals surface area contributed by atoms with Gasteiger partial charge in [-0.05, 0) is 59.9 Å². The summed E-state index contributed by atoms with van der Waals surface area (Å²) in [5, 5.41) is 0. The maximum Gasteiger partial charge on any atom is -0.00934 e. The van der Waals surface area contributed by atoms with E-state index in [-0.39, 0.29) is 0 Å². The Morgan fingerprint density at radius 1 is 0.286 bits per heavy atom. The van der Waals surface area contributed by atoms with Crippen molar-refractivity contribution in [3.05, 3.63) is 0 Å². The van der Waals surface area contributed by atoms with Crippen LogP contribution in [-0.2, 0) is 0 Å². The largest absolute Gasteiger partial charge is 0.00934 e. The van der Waals surface area contributed by atoms with Crippen molar-refractivity contribution in [1.29, 1.82) is 0 Å². The van der Waals surface area contributed by atoms with Crippen molar-refractivity contribution in [3.63, 3.8) is 0 Å². The quantitative estimate of drug-likeness (QED) is 0.349. The molecule has 0 bridgehead atoms. The maximum atomic E-state index is 0.944. The van der Waals surface area contributed by atoms with Gasteiger partial charge in [0.1, 0.15) is 0 Å². The van der Waals surface area contributed by atoms with Crippen LogP contribution in [0.2, 0.25) is 0 Å². The molecule has 1 saturated heterocycles. The Hall–Kier alpha value is 1.52. The normalized spacial score (nSPS) is 48.0. The summed E-state index contributed by atoms with van der Waals surface area (Å²) in [6.07, 6.45) is 0. The minimum Gasteiger partial charge on any atom is -0.00934 e. The zero-order chi connectivity index (χ0) is 4.95. The first-order valence-corrected chi connectivity index (χ1v) is 31.5. The smallest absolute Gasteiger partial charge is 0.00934 e. The molecule has 0 radical (unpaired) electrons. The summed E-state index contributed by atoms with van der Waals surface area (Å²) >= 11 is 0. The Labute approximate surface area is 59.9 Å². The Morgan fingerprint density at radius 3 is 0.571 bits per heavy atom. The Balaban J connectivity index is 2.04. The third-order valence-electron chi connectivity index (χ3n) is 1.75. The topological polar surface area (TPSA) is 0 Å². The van der Waals surface area contributed by atoms with Crippen LogP contribution < -0.4 is 0 Å². The highest BCUT2D eigenvalue weighted by Gasteiger charge is 1.99. The molecule has 1 aliphatic heterocycles. The van der Waals surface area contributed by atoms with Crippen molar-refractivity contribution in [2.45, 2.75) is 0 Å². The van der Waals surface area contributed by atoms with Crippen molar-refractivity contribution in [2.75, 3.05) is 0 Å². The average Bonchev–Trinajstić information content (AvgIpc) is 1.90. The highest BCUT2D eigenvalue weighted by atomic mass is 30.1. The van der Waals surface area contributed by atoms with E-state index in [2.05, 4.69) is 0 Å². The van der Waals surface area contributed by atoms with Crippen LogP contribution in [0.5, 0.6) is 0 Å². The Kier molecular flexibility index (Phi) is 4.17. The molecule has 1 aliphatic rings. The second-order valence-corrected chi connectivity index (χ2v) is 66.8. The molecule has 0 saturated carbocycles. The molecule has 0 aromatic rings. The van der Waals surface area contributed by atoms with Crippen LogP contribution in [0.15, 0.2) is 0 Å². The Bertz CT molecular complexity index is 19.7. The molecular formula is H14Si7. The molecule has 7 heteroatoms. The first-order valence-electron chi connectivity index (χ1n) is 3.50. The zero-order valence-electron chi connectivity index (χ0n) is 4.95. The molecule has 0 aromatic heterocycles. The van der Waals surface area contributed by atoms with Gasteiger partial charge in [0.25, 0.3) is 0 Å². The minimum atomic E-state index is 0.944. The Morgan fingerprint density at radius 2 is 0.429 bits per heavy atom. The standard InChI is InChI=1S/H14Si7/c1-2-4-6-7-5-3-1/h1-7H2. The molecule has 0 unspecified atom stereocenters. The van der Waals surface area contributed by atoms with E-state index in [1.165, 1.54) is 0 Å². The molecule has 0 nitrogen and oxygen atoms in total. The van der Waals surface area contributed by atoms with E-state index in [0.717, 1.165) is 59.9 Å². The van der Waals surface area contributed by atoms with Crippen molar-refractivity contribution in [3.8, 4) is 0 Å². The monoisotopic (exact) mass is 210 g/mol. The molecule has 1 rings (SSSR count). The average molecular weight is 211 g/mol. The van der Waals surface area contributed by atoms with Gasteiger partial charge in [-0.25, -0.2) is 0 Å². The lowest BCUT2D eigenvalue weighted by Crippen LogP contribution is -2.18. The van der Waals surface area contributed by atoms with E-state index >= 15 is 0 Å². The van der Waals surface area contributed by atoms with Crippen LogP contribution in [0.4, 0.5) is 0 Å². The summed E-state index contributed by atoms with van der Waals surface area (Å²) in [5.74, 6) is 0. The van der Waals surface area contributed by atoms with Crippen molar-refractivity contribution in [2.24, 2.45) is 0 Å². The third-order valence-corrected chi connectivity index (χ3v) is 142. The third kappa shape index (κ3) is 3.16. The van der Waals surface area contributed by atoms with E-state index < -0.39 is 0 Å². The summed E-state index contributed by atoms with van der Waals surface area (Å²) in [6, 6.07) is 0. The molecule has 0 aliphatic carbocycles. The molecule has 0 atom stereocenters. The van der Waals surface area contributed by atoms with Gasteiger partial charge in [0.15, 0.2) is 0 Å². The molecule has 0 aromatic carbocycles. The number of hydrogen-bond acceptors (Lipinski definition) is 0. The molecule has 0 amide bonds. The summed E-state index contributed by atoms with van der Waals surface area (Å²) < 4.78 is 0. The fourth-order valence-electron chi connectivity index (χ4n) is 1.24. The van der Waals surface area contributed by atoms with E-state index in [4.69, 9.17) is 0 Å². The van der Waals surface area contributed by atoms with Crippen LogP contribution in [0.1, 0.15) is 0 Å². The minimum absolute atomic E-state index is 0.944. The molecule has 1 heterocycles. The van der Waals surface area contributed by atoms with E-state index in [1.807, 2.05) is 0 Å². The van der Waals surface area contributed by atoms with Crippen LogP contribution in [-0.4, -0.2) is 59.9 Å². The maximum absolute atomic E-state index is 0.944. The van der Waals surface area contributed by atoms with E-state index in [1.54, 1.807) is 0 Å². The molecule has 42 valence electrons. The summed E-state index contributed by atoms with van der Waals surface area (Å²) in [7, 11) is 6.61. The summed E-state index contributed by atoms with van der Waals surface area (Å²) in [6.45, 7) is 0. The molecular weight excluding hydrogens is 197 g/mol. The van der Waals surface area contributed by atoms with E-state index in [0.29, 0.717) is 0 Å². The van der Waals surface area contributed by atoms with Crippen molar-refractivity contribution < 1.29 is 0 Å². The van der Waals surface area contributed by atoms with Crippen LogP contribution in [0.3, 0.4) is 0 Å². The SMILES string of the molecule is [SiH2]1[SiH2][SiH2][SiH2][SiH2][SiH2][SiH2]1. The summed E-state index contributed by atoms with van der Waals surface area (Å²) in [4.78, 5) is 0. The first-order chi connectivity index (χ1) is 3.50. The highest BCUT2D eigenvalue weighted by Crippen LogP contribution is 1.62. The van der Waals surface area contributed by atoms with Crippen LogP contribution in [0.25, 0.3) is 0 Å². The van der Waals surface area contributed by atoms with Gasteiger partial charge in [-0.15, -0.1) is 0 Å². The van der Waals surface area contributed by atoms with Gasteiger partial charge in [0.2, 0.25) is 0 Å². The van der Waals surface area contributed by atoms with Gasteiger partial charge in [-0.3, -0.25) is 0 Å².